The number of aryl methyl sites for hydroxylation is 1. The van der Waals surface area contributed by atoms with Crippen LogP contribution in [0.2, 0.25) is 0 Å². The summed E-state index contributed by atoms with van der Waals surface area (Å²) in [5, 5.41) is 5.97. The molecule has 1 aliphatic rings. The third-order valence-electron chi connectivity index (χ3n) is 3.02. The monoisotopic (exact) mass is 248 g/mol. The first kappa shape index (κ1) is 13.1. The quantitative estimate of drug-likeness (QED) is 0.834. The molecule has 0 aromatic heterocycles. The van der Waals surface area contributed by atoms with Crippen LogP contribution in [0, 0.1) is 6.92 Å². The molecule has 0 saturated carbocycles. The zero-order valence-electron chi connectivity index (χ0n) is 10.7. The zero-order valence-corrected chi connectivity index (χ0v) is 10.7. The maximum Gasteiger partial charge on any atom is 0.238 e. The molecule has 0 aliphatic carbocycles. The van der Waals surface area contributed by atoms with Crippen LogP contribution in [0.5, 0.6) is 0 Å². The summed E-state index contributed by atoms with van der Waals surface area (Å²) in [6.45, 7) is 3.95. The van der Waals surface area contributed by atoms with Gasteiger partial charge in [0.2, 0.25) is 5.91 Å². The summed E-state index contributed by atoms with van der Waals surface area (Å²) in [6, 6.07) is 7.78. The lowest BCUT2D eigenvalue weighted by atomic mass is 10.2. The third-order valence-corrected chi connectivity index (χ3v) is 3.02. The summed E-state index contributed by atoms with van der Waals surface area (Å²) in [5.41, 5.74) is 2.02. The number of amides is 1. The first-order valence-corrected chi connectivity index (χ1v) is 6.43. The van der Waals surface area contributed by atoms with Gasteiger partial charge in [-0.1, -0.05) is 17.7 Å². The minimum Gasteiger partial charge on any atom is -0.377 e. The number of ether oxygens (including phenoxy) is 1. The fraction of sp³-hybridized carbons (Fsp3) is 0.500. The Labute approximate surface area is 108 Å². The van der Waals surface area contributed by atoms with Gasteiger partial charge in [0, 0.05) is 18.8 Å². The van der Waals surface area contributed by atoms with Crippen LogP contribution < -0.4 is 10.6 Å². The average molecular weight is 248 g/mol. The maximum absolute atomic E-state index is 11.7. The Morgan fingerprint density at radius 2 is 2.17 bits per heavy atom. The van der Waals surface area contributed by atoms with Gasteiger partial charge in [0.15, 0.2) is 0 Å². The molecule has 1 saturated heterocycles. The molecule has 1 atom stereocenters. The molecule has 1 fully saturated rings. The topological polar surface area (TPSA) is 50.4 Å². The molecule has 4 nitrogen and oxygen atoms in total. The molecule has 0 radical (unpaired) electrons. The fourth-order valence-electron chi connectivity index (χ4n) is 1.99. The highest BCUT2D eigenvalue weighted by atomic mass is 16.5. The van der Waals surface area contributed by atoms with Gasteiger partial charge in [-0.25, -0.2) is 0 Å². The lowest BCUT2D eigenvalue weighted by molar-refractivity contribution is -0.115. The number of benzene rings is 1. The van der Waals surface area contributed by atoms with Crippen LogP contribution in [0.3, 0.4) is 0 Å². The van der Waals surface area contributed by atoms with Crippen LogP contribution >= 0.6 is 0 Å². The van der Waals surface area contributed by atoms with Crippen LogP contribution in [0.1, 0.15) is 18.4 Å². The summed E-state index contributed by atoms with van der Waals surface area (Å²) in [4.78, 5) is 11.7. The Hall–Kier alpha value is -1.39. The van der Waals surface area contributed by atoms with Crippen molar-refractivity contribution in [2.75, 3.05) is 25.0 Å². The van der Waals surface area contributed by atoms with E-state index in [2.05, 4.69) is 10.6 Å². The van der Waals surface area contributed by atoms with Crippen LogP contribution in [0.4, 0.5) is 5.69 Å². The summed E-state index contributed by atoms with van der Waals surface area (Å²) in [5.74, 6) is -0.0168. The van der Waals surface area contributed by atoms with Gasteiger partial charge in [0.1, 0.15) is 0 Å². The number of carbonyl (C=O) groups is 1. The SMILES string of the molecule is Cc1ccc(NC(=O)CNCC2CCCO2)cc1. The van der Waals surface area contributed by atoms with E-state index >= 15 is 0 Å². The number of hydrogen-bond acceptors (Lipinski definition) is 3. The van der Waals surface area contributed by atoms with E-state index in [1.807, 2.05) is 31.2 Å². The highest BCUT2D eigenvalue weighted by Crippen LogP contribution is 2.10. The largest absolute Gasteiger partial charge is 0.377 e. The van der Waals surface area contributed by atoms with Gasteiger partial charge in [-0.2, -0.15) is 0 Å². The Balaban J connectivity index is 1.66. The molecule has 1 amide bonds. The Morgan fingerprint density at radius 3 is 2.83 bits per heavy atom. The minimum absolute atomic E-state index is 0.0168. The molecular weight excluding hydrogens is 228 g/mol. The van der Waals surface area contributed by atoms with Gasteiger partial charge in [0.05, 0.1) is 12.6 Å². The van der Waals surface area contributed by atoms with Gasteiger partial charge in [-0.05, 0) is 31.9 Å². The second-order valence-electron chi connectivity index (χ2n) is 4.68. The number of anilines is 1. The number of nitrogens with one attached hydrogen (secondary N) is 2. The first-order chi connectivity index (χ1) is 8.74. The van der Waals surface area contributed by atoms with Gasteiger partial charge in [0.25, 0.3) is 0 Å². The van der Waals surface area contributed by atoms with Crippen molar-refractivity contribution in [1.82, 2.24) is 5.32 Å². The Morgan fingerprint density at radius 1 is 1.39 bits per heavy atom. The second kappa shape index (κ2) is 6.52. The molecule has 1 heterocycles. The molecule has 1 aromatic carbocycles. The van der Waals surface area contributed by atoms with Crippen molar-refractivity contribution >= 4 is 11.6 Å². The lowest BCUT2D eigenvalue weighted by Gasteiger charge is -2.10. The minimum atomic E-state index is -0.0168. The number of hydrogen-bond donors (Lipinski definition) is 2. The highest BCUT2D eigenvalue weighted by molar-refractivity contribution is 5.92. The Kier molecular flexibility index (Phi) is 4.73. The smallest absolute Gasteiger partial charge is 0.238 e. The molecule has 2 rings (SSSR count). The van der Waals surface area contributed by atoms with Gasteiger partial charge >= 0.3 is 0 Å². The van der Waals surface area contributed by atoms with Crippen LogP contribution in [-0.4, -0.2) is 31.7 Å². The first-order valence-electron chi connectivity index (χ1n) is 6.43. The van der Waals surface area contributed by atoms with E-state index in [9.17, 15) is 4.79 Å². The molecule has 0 spiro atoms. The van der Waals surface area contributed by atoms with E-state index in [4.69, 9.17) is 4.74 Å². The van der Waals surface area contributed by atoms with E-state index in [0.717, 1.165) is 31.7 Å². The normalized spacial score (nSPS) is 18.8. The molecule has 2 N–H and O–H groups in total. The molecule has 98 valence electrons. The molecule has 1 aromatic rings. The van der Waals surface area contributed by atoms with Crippen molar-refractivity contribution in [3.05, 3.63) is 29.8 Å². The summed E-state index contributed by atoms with van der Waals surface area (Å²) >= 11 is 0. The van der Waals surface area contributed by atoms with Crippen molar-refractivity contribution in [1.29, 1.82) is 0 Å². The summed E-state index contributed by atoms with van der Waals surface area (Å²) < 4.78 is 5.47. The predicted octanol–water partition coefficient (Wildman–Crippen LogP) is 1.70. The molecule has 4 heteroatoms. The molecular formula is C14H20N2O2. The summed E-state index contributed by atoms with van der Waals surface area (Å²) in [6.07, 6.45) is 2.49. The number of rotatable bonds is 5. The van der Waals surface area contributed by atoms with E-state index in [0.29, 0.717) is 6.54 Å². The molecule has 1 aliphatic heterocycles. The van der Waals surface area contributed by atoms with Crippen molar-refractivity contribution < 1.29 is 9.53 Å². The van der Waals surface area contributed by atoms with E-state index in [1.165, 1.54) is 5.56 Å². The highest BCUT2D eigenvalue weighted by Gasteiger charge is 2.14. The van der Waals surface area contributed by atoms with Crippen molar-refractivity contribution in [3.8, 4) is 0 Å². The lowest BCUT2D eigenvalue weighted by Crippen LogP contribution is -2.33. The standard InChI is InChI=1S/C14H20N2O2/c1-11-4-6-12(7-5-11)16-14(17)10-15-9-13-3-2-8-18-13/h4-7,13,15H,2-3,8-10H2,1H3,(H,16,17). The van der Waals surface area contributed by atoms with E-state index < -0.39 is 0 Å². The van der Waals surface area contributed by atoms with Crippen molar-refractivity contribution in [2.24, 2.45) is 0 Å². The van der Waals surface area contributed by atoms with Crippen LogP contribution in [-0.2, 0) is 9.53 Å². The third kappa shape index (κ3) is 4.13. The molecule has 18 heavy (non-hydrogen) atoms. The fourth-order valence-corrected chi connectivity index (χ4v) is 1.99. The van der Waals surface area contributed by atoms with Crippen LogP contribution in [0.15, 0.2) is 24.3 Å². The predicted molar refractivity (Wildman–Crippen MR) is 71.7 cm³/mol. The van der Waals surface area contributed by atoms with Crippen molar-refractivity contribution in [2.45, 2.75) is 25.9 Å². The molecule has 1 unspecified atom stereocenters. The van der Waals surface area contributed by atoms with Gasteiger partial charge in [-0.15, -0.1) is 0 Å². The van der Waals surface area contributed by atoms with Crippen LogP contribution in [0.25, 0.3) is 0 Å². The molecule has 0 bridgehead atoms. The van der Waals surface area contributed by atoms with Crippen molar-refractivity contribution in [3.63, 3.8) is 0 Å². The van der Waals surface area contributed by atoms with Gasteiger partial charge in [-0.3, -0.25) is 4.79 Å². The maximum atomic E-state index is 11.7. The van der Waals surface area contributed by atoms with E-state index in [-0.39, 0.29) is 12.0 Å². The second-order valence-corrected chi connectivity index (χ2v) is 4.68. The summed E-state index contributed by atoms with van der Waals surface area (Å²) in [7, 11) is 0. The Bertz CT molecular complexity index is 383. The van der Waals surface area contributed by atoms with E-state index in [1.54, 1.807) is 0 Å². The number of carbonyl (C=O) groups excluding carboxylic acids is 1. The average Bonchev–Trinajstić information content (AvgIpc) is 2.85. The zero-order chi connectivity index (χ0) is 12.8. The van der Waals surface area contributed by atoms with Gasteiger partial charge < -0.3 is 15.4 Å².